The summed E-state index contributed by atoms with van der Waals surface area (Å²) < 4.78 is 0. The molecular formula is C15H22N2O5. The molecule has 0 fully saturated rings. The van der Waals surface area contributed by atoms with Crippen LogP contribution in [0.3, 0.4) is 0 Å². The van der Waals surface area contributed by atoms with Crippen molar-refractivity contribution >= 4 is 17.8 Å². The standard InChI is InChI=1S/C9H16O4.C6H6N2O/c10-8(11)6-4-2-1-3-5-7-9(12)13;7-6(9)5-2-1-3-8-4-5/h1-7H2,(H,10,11)(H,12,13);1-4H,(H2,7,9). The largest absolute Gasteiger partial charge is 0.481 e. The number of amides is 1. The average molecular weight is 310 g/mol. The van der Waals surface area contributed by atoms with Gasteiger partial charge in [-0.25, -0.2) is 0 Å². The van der Waals surface area contributed by atoms with Crippen molar-refractivity contribution < 1.29 is 24.6 Å². The zero-order chi connectivity index (χ0) is 16.8. The number of aromatic nitrogens is 1. The lowest BCUT2D eigenvalue weighted by molar-refractivity contribution is -0.138. The third-order valence-electron chi connectivity index (χ3n) is 2.73. The van der Waals surface area contributed by atoms with Crippen LogP contribution in [0.25, 0.3) is 0 Å². The molecule has 0 bridgehead atoms. The number of carboxylic acid groups (broad SMARTS) is 2. The molecule has 0 aliphatic heterocycles. The second kappa shape index (κ2) is 12.3. The summed E-state index contributed by atoms with van der Waals surface area (Å²) in [7, 11) is 0. The van der Waals surface area contributed by atoms with E-state index in [1.165, 1.54) is 6.20 Å². The highest BCUT2D eigenvalue weighted by atomic mass is 16.4. The van der Waals surface area contributed by atoms with Crippen LogP contribution in [0.2, 0.25) is 0 Å². The van der Waals surface area contributed by atoms with Gasteiger partial charge in [-0.1, -0.05) is 19.3 Å². The molecule has 4 N–H and O–H groups in total. The van der Waals surface area contributed by atoms with Gasteiger partial charge in [0.2, 0.25) is 5.91 Å². The molecule has 0 saturated heterocycles. The van der Waals surface area contributed by atoms with Gasteiger partial charge < -0.3 is 15.9 Å². The van der Waals surface area contributed by atoms with Crippen molar-refractivity contribution in [1.29, 1.82) is 0 Å². The minimum Gasteiger partial charge on any atom is -0.481 e. The second-order valence-corrected chi connectivity index (χ2v) is 4.66. The molecule has 7 nitrogen and oxygen atoms in total. The molecule has 0 saturated carbocycles. The fourth-order valence-corrected chi connectivity index (χ4v) is 1.59. The van der Waals surface area contributed by atoms with Gasteiger partial charge >= 0.3 is 11.9 Å². The Labute approximate surface area is 129 Å². The molecule has 0 radical (unpaired) electrons. The van der Waals surface area contributed by atoms with Gasteiger partial charge in [-0.2, -0.15) is 0 Å². The molecule has 0 spiro atoms. The smallest absolute Gasteiger partial charge is 0.303 e. The number of unbranched alkanes of at least 4 members (excludes halogenated alkanes) is 4. The summed E-state index contributed by atoms with van der Waals surface area (Å²) in [6, 6.07) is 3.29. The third kappa shape index (κ3) is 12.6. The zero-order valence-corrected chi connectivity index (χ0v) is 12.4. The molecule has 0 aromatic carbocycles. The van der Waals surface area contributed by atoms with E-state index in [9.17, 15) is 14.4 Å². The lowest BCUT2D eigenvalue weighted by Gasteiger charge is -1.97. The molecule has 122 valence electrons. The van der Waals surface area contributed by atoms with Crippen molar-refractivity contribution in [3.8, 4) is 0 Å². The summed E-state index contributed by atoms with van der Waals surface area (Å²) in [6.45, 7) is 0. The minimum absolute atomic E-state index is 0.221. The first-order chi connectivity index (χ1) is 10.4. The van der Waals surface area contributed by atoms with Crippen LogP contribution in [0.4, 0.5) is 0 Å². The van der Waals surface area contributed by atoms with Crippen LogP contribution in [-0.2, 0) is 9.59 Å². The zero-order valence-electron chi connectivity index (χ0n) is 12.4. The highest BCUT2D eigenvalue weighted by Crippen LogP contribution is 2.06. The van der Waals surface area contributed by atoms with Gasteiger partial charge in [0.25, 0.3) is 0 Å². The molecule has 22 heavy (non-hydrogen) atoms. The number of hydrogen-bond acceptors (Lipinski definition) is 4. The van der Waals surface area contributed by atoms with Crippen LogP contribution < -0.4 is 5.73 Å². The Morgan fingerprint density at radius 2 is 1.45 bits per heavy atom. The van der Waals surface area contributed by atoms with Crippen molar-refractivity contribution in [2.45, 2.75) is 44.9 Å². The first kappa shape index (κ1) is 19.6. The number of carboxylic acids is 2. The number of nitrogens with two attached hydrogens (primary N) is 1. The number of carbonyl (C=O) groups excluding carboxylic acids is 1. The molecule has 0 aliphatic carbocycles. The molecule has 1 aromatic heterocycles. The van der Waals surface area contributed by atoms with Gasteiger partial charge in [-0.15, -0.1) is 0 Å². The second-order valence-electron chi connectivity index (χ2n) is 4.66. The summed E-state index contributed by atoms with van der Waals surface area (Å²) >= 11 is 0. The van der Waals surface area contributed by atoms with E-state index >= 15 is 0 Å². The number of hydrogen-bond donors (Lipinski definition) is 3. The van der Waals surface area contributed by atoms with Crippen molar-refractivity contribution in [2.75, 3.05) is 0 Å². The SMILES string of the molecule is NC(=O)c1cccnc1.O=C(O)CCCCCCCC(=O)O. The molecule has 0 atom stereocenters. The van der Waals surface area contributed by atoms with E-state index in [-0.39, 0.29) is 12.8 Å². The van der Waals surface area contributed by atoms with Gasteiger partial charge in [0.15, 0.2) is 0 Å². The van der Waals surface area contributed by atoms with Crippen LogP contribution in [0.1, 0.15) is 55.3 Å². The van der Waals surface area contributed by atoms with Gasteiger partial charge in [-0.3, -0.25) is 19.4 Å². The lowest BCUT2D eigenvalue weighted by Crippen LogP contribution is -2.10. The Hall–Kier alpha value is -2.44. The summed E-state index contributed by atoms with van der Waals surface area (Å²) in [6.07, 6.45) is 7.55. The molecule has 0 aliphatic rings. The van der Waals surface area contributed by atoms with E-state index in [4.69, 9.17) is 15.9 Å². The first-order valence-corrected chi connectivity index (χ1v) is 7.07. The summed E-state index contributed by atoms with van der Waals surface area (Å²) in [5.41, 5.74) is 5.38. The summed E-state index contributed by atoms with van der Waals surface area (Å²) in [5.74, 6) is -1.96. The number of pyridine rings is 1. The predicted octanol–water partition coefficient (Wildman–Crippen LogP) is 2.07. The number of nitrogens with zero attached hydrogens (tertiary/aromatic N) is 1. The predicted molar refractivity (Wildman–Crippen MR) is 80.3 cm³/mol. The van der Waals surface area contributed by atoms with Gasteiger partial charge in [0.05, 0.1) is 5.56 Å². The number of aliphatic carboxylic acids is 2. The maximum Gasteiger partial charge on any atom is 0.303 e. The Bertz CT molecular complexity index is 444. The van der Waals surface area contributed by atoms with Crippen LogP contribution in [-0.4, -0.2) is 33.0 Å². The third-order valence-corrected chi connectivity index (χ3v) is 2.73. The summed E-state index contributed by atoms with van der Waals surface area (Å²) in [4.78, 5) is 34.3. The van der Waals surface area contributed by atoms with E-state index in [2.05, 4.69) is 4.98 Å². The van der Waals surface area contributed by atoms with E-state index in [1.54, 1.807) is 18.3 Å². The Morgan fingerprint density at radius 3 is 1.77 bits per heavy atom. The van der Waals surface area contributed by atoms with Gasteiger partial charge in [0, 0.05) is 25.2 Å². The fourth-order valence-electron chi connectivity index (χ4n) is 1.59. The van der Waals surface area contributed by atoms with E-state index in [0.29, 0.717) is 18.4 Å². The Morgan fingerprint density at radius 1 is 0.955 bits per heavy atom. The Kier molecular flexibility index (Phi) is 10.9. The minimum atomic E-state index is -0.759. The van der Waals surface area contributed by atoms with E-state index in [1.807, 2.05) is 0 Å². The number of primary amides is 1. The highest BCUT2D eigenvalue weighted by Gasteiger charge is 1.98. The van der Waals surface area contributed by atoms with Crippen LogP contribution >= 0.6 is 0 Å². The number of carbonyl (C=O) groups is 3. The molecule has 1 aromatic rings. The monoisotopic (exact) mass is 310 g/mol. The maximum absolute atomic E-state index is 10.4. The Balaban J connectivity index is 0.000000425. The normalized spacial score (nSPS) is 9.45. The molecule has 1 heterocycles. The van der Waals surface area contributed by atoms with Crippen molar-refractivity contribution in [1.82, 2.24) is 4.98 Å². The lowest BCUT2D eigenvalue weighted by atomic mass is 10.1. The topological polar surface area (TPSA) is 131 Å². The van der Waals surface area contributed by atoms with Crippen LogP contribution in [0.15, 0.2) is 24.5 Å². The van der Waals surface area contributed by atoms with Gasteiger partial charge in [-0.05, 0) is 25.0 Å². The van der Waals surface area contributed by atoms with E-state index < -0.39 is 17.8 Å². The molecule has 0 unspecified atom stereocenters. The number of rotatable bonds is 9. The molecular weight excluding hydrogens is 288 g/mol. The van der Waals surface area contributed by atoms with Crippen LogP contribution in [0, 0.1) is 0 Å². The summed E-state index contributed by atoms with van der Waals surface area (Å²) in [5, 5.41) is 16.6. The first-order valence-electron chi connectivity index (χ1n) is 7.07. The van der Waals surface area contributed by atoms with Crippen molar-refractivity contribution in [3.63, 3.8) is 0 Å². The maximum atomic E-state index is 10.4. The average Bonchev–Trinajstić information content (AvgIpc) is 2.47. The fraction of sp³-hybridized carbons (Fsp3) is 0.467. The van der Waals surface area contributed by atoms with Crippen molar-refractivity contribution in [2.24, 2.45) is 5.73 Å². The highest BCUT2D eigenvalue weighted by molar-refractivity contribution is 5.92. The van der Waals surface area contributed by atoms with Gasteiger partial charge in [0.1, 0.15) is 0 Å². The molecule has 1 rings (SSSR count). The quantitative estimate of drug-likeness (QED) is 0.598. The molecule has 1 amide bonds. The van der Waals surface area contributed by atoms with Crippen LogP contribution in [0.5, 0.6) is 0 Å². The molecule has 7 heteroatoms. The van der Waals surface area contributed by atoms with E-state index in [0.717, 1.165) is 19.3 Å². The van der Waals surface area contributed by atoms with Crippen molar-refractivity contribution in [3.05, 3.63) is 30.1 Å².